The minimum absolute atomic E-state index is 0.0188. The maximum absolute atomic E-state index is 11.7. The van der Waals surface area contributed by atoms with E-state index in [9.17, 15) is 13.2 Å². The molecule has 0 aliphatic rings. The van der Waals surface area contributed by atoms with Gasteiger partial charge in [-0.2, -0.15) is 0 Å². The Hall–Kier alpha value is -1.08. The number of halogens is 1. The van der Waals surface area contributed by atoms with E-state index in [0.717, 1.165) is 6.42 Å². The average Bonchev–Trinajstić information content (AvgIpc) is 2.25. The summed E-state index contributed by atoms with van der Waals surface area (Å²) in [5, 5.41) is 8.98. The molecule has 0 saturated heterocycles. The fraction of sp³-hybridized carbons (Fsp3) is 0.364. The van der Waals surface area contributed by atoms with Gasteiger partial charge in [0.2, 0.25) is 10.0 Å². The Morgan fingerprint density at radius 2 is 2.11 bits per heavy atom. The van der Waals surface area contributed by atoms with Gasteiger partial charge in [0.1, 0.15) is 0 Å². The monoisotopic (exact) mass is 335 g/mol. The van der Waals surface area contributed by atoms with Gasteiger partial charge in [-0.05, 0) is 24.6 Å². The van der Waals surface area contributed by atoms with Crippen LogP contribution in [0.5, 0.6) is 0 Å². The zero-order chi connectivity index (χ0) is 13.8. The van der Waals surface area contributed by atoms with Crippen LogP contribution in [0.1, 0.15) is 30.1 Å². The fourth-order valence-electron chi connectivity index (χ4n) is 1.34. The molecule has 0 spiro atoms. The van der Waals surface area contributed by atoms with Gasteiger partial charge >= 0.3 is 5.97 Å². The first kappa shape index (κ1) is 15.0. The SMILES string of the molecule is CCCCS(=O)(=O)Nc1cc(Br)ccc1C(=O)O. The minimum Gasteiger partial charge on any atom is -0.478 e. The number of hydrogen-bond acceptors (Lipinski definition) is 3. The van der Waals surface area contributed by atoms with Crippen molar-refractivity contribution in [2.75, 3.05) is 10.5 Å². The van der Waals surface area contributed by atoms with Gasteiger partial charge in [0.25, 0.3) is 0 Å². The number of carboxylic acid groups (broad SMARTS) is 1. The molecule has 18 heavy (non-hydrogen) atoms. The smallest absolute Gasteiger partial charge is 0.337 e. The van der Waals surface area contributed by atoms with Gasteiger partial charge in [-0.3, -0.25) is 4.72 Å². The normalized spacial score (nSPS) is 11.2. The van der Waals surface area contributed by atoms with Crippen LogP contribution in [0.3, 0.4) is 0 Å². The molecule has 0 radical (unpaired) electrons. The lowest BCUT2D eigenvalue weighted by molar-refractivity contribution is 0.0698. The lowest BCUT2D eigenvalue weighted by Gasteiger charge is -2.10. The molecule has 7 heteroatoms. The van der Waals surface area contributed by atoms with Crippen LogP contribution < -0.4 is 4.72 Å². The van der Waals surface area contributed by atoms with Crippen LogP contribution in [0.15, 0.2) is 22.7 Å². The third kappa shape index (κ3) is 4.30. The van der Waals surface area contributed by atoms with Crippen molar-refractivity contribution < 1.29 is 18.3 Å². The van der Waals surface area contributed by atoms with Crippen LogP contribution in [0.4, 0.5) is 5.69 Å². The molecule has 0 heterocycles. The molecule has 5 nitrogen and oxygen atoms in total. The third-order valence-corrected chi connectivity index (χ3v) is 4.09. The highest BCUT2D eigenvalue weighted by Crippen LogP contribution is 2.22. The second-order valence-electron chi connectivity index (χ2n) is 3.77. The molecule has 1 aromatic rings. The van der Waals surface area contributed by atoms with Crippen molar-refractivity contribution in [2.24, 2.45) is 0 Å². The van der Waals surface area contributed by atoms with Crippen LogP contribution in [0.2, 0.25) is 0 Å². The molecule has 0 unspecified atom stereocenters. The van der Waals surface area contributed by atoms with E-state index in [1.807, 2.05) is 6.92 Å². The summed E-state index contributed by atoms with van der Waals surface area (Å²) in [6.45, 7) is 1.89. The highest BCUT2D eigenvalue weighted by molar-refractivity contribution is 9.10. The van der Waals surface area contributed by atoms with Gasteiger partial charge in [-0.25, -0.2) is 13.2 Å². The van der Waals surface area contributed by atoms with Crippen molar-refractivity contribution in [3.63, 3.8) is 0 Å². The highest BCUT2D eigenvalue weighted by atomic mass is 79.9. The van der Waals surface area contributed by atoms with Crippen LogP contribution in [0, 0.1) is 0 Å². The van der Waals surface area contributed by atoms with Gasteiger partial charge < -0.3 is 5.11 Å². The largest absolute Gasteiger partial charge is 0.478 e. The van der Waals surface area contributed by atoms with Crippen molar-refractivity contribution in [3.8, 4) is 0 Å². The molecule has 0 bridgehead atoms. The molecule has 2 N–H and O–H groups in total. The second kappa shape index (κ2) is 6.19. The zero-order valence-electron chi connectivity index (χ0n) is 9.81. The first-order valence-corrected chi connectivity index (χ1v) is 7.83. The Morgan fingerprint density at radius 3 is 2.67 bits per heavy atom. The Balaban J connectivity index is 3.02. The molecule has 0 fully saturated rings. The Bertz CT molecular complexity index is 542. The first-order valence-electron chi connectivity index (χ1n) is 5.39. The van der Waals surface area contributed by atoms with Gasteiger partial charge in [-0.15, -0.1) is 0 Å². The summed E-state index contributed by atoms with van der Waals surface area (Å²) in [6, 6.07) is 4.34. The number of sulfonamides is 1. The van der Waals surface area contributed by atoms with E-state index in [1.54, 1.807) is 6.07 Å². The Kier molecular flexibility index (Phi) is 5.15. The van der Waals surface area contributed by atoms with E-state index in [-0.39, 0.29) is 17.0 Å². The average molecular weight is 336 g/mol. The molecule has 1 aromatic carbocycles. The molecule has 0 aliphatic carbocycles. The van der Waals surface area contributed by atoms with E-state index in [0.29, 0.717) is 10.9 Å². The highest BCUT2D eigenvalue weighted by Gasteiger charge is 2.16. The van der Waals surface area contributed by atoms with Crippen LogP contribution >= 0.6 is 15.9 Å². The Labute approximate surface area is 114 Å². The summed E-state index contributed by atoms with van der Waals surface area (Å²) >= 11 is 3.18. The quantitative estimate of drug-likeness (QED) is 0.837. The molecule has 0 aromatic heterocycles. The maximum Gasteiger partial charge on any atom is 0.337 e. The fourth-order valence-corrected chi connectivity index (χ4v) is 2.98. The van der Waals surface area contributed by atoms with Crippen LogP contribution in [-0.4, -0.2) is 25.2 Å². The van der Waals surface area contributed by atoms with Crippen LogP contribution in [-0.2, 0) is 10.0 Å². The summed E-state index contributed by atoms with van der Waals surface area (Å²) in [6.07, 6.45) is 1.29. The van der Waals surface area contributed by atoms with Crippen molar-refractivity contribution >= 4 is 37.6 Å². The zero-order valence-corrected chi connectivity index (χ0v) is 12.2. The lowest BCUT2D eigenvalue weighted by Crippen LogP contribution is -2.18. The minimum atomic E-state index is -3.50. The van der Waals surface area contributed by atoms with E-state index in [1.165, 1.54) is 12.1 Å². The molecular formula is C11H14BrNO4S. The van der Waals surface area contributed by atoms with Crippen molar-refractivity contribution in [2.45, 2.75) is 19.8 Å². The molecular weight excluding hydrogens is 322 g/mol. The second-order valence-corrected chi connectivity index (χ2v) is 6.53. The van der Waals surface area contributed by atoms with Gasteiger partial charge in [0.15, 0.2) is 0 Å². The predicted octanol–water partition coefficient (Wildman–Crippen LogP) is 2.69. The topological polar surface area (TPSA) is 83.5 Å². The molecule has 0 saturated carbocycles. The maximum atomic E-state index is 11.7. The standard InChI is InChI=1S/C11H14BrNO4S/c1-2-3-6-18(16,17)13-10-7-8(12)4-5-9(10)11(14)15/h4-5,7,13H,2-3,6H2,1H3,(H,14,15). The van der Waals surface area contributed by atoms with E-state index in [2.05, 4.69) is 20.7 Å². The first-order chi connectivity index (χ1) is 8.35. The number of carboxylic acids is 1. The molecule has 0 atom stereocenters. The summed E-state index contributed by atoms with van der Waals surface area (Å²) in [5.41, 5.74) is 0.00579. The number of benzene rings is 1. The van der Waals surface area contributed by atoms with Crippen molar-refractivity contribution in [1.29, 1.82) is 0 Å². The number of rotatable bonds is 6. The number of carbonyl (C=O) groups is 1. The Morgan fingerprint density at radius 1 is 1.44 bits per heavy atom. The van der Waals surface area contributed by atoms with Crippen molar-refractivity contribution in [1.82, 2.24) is 0 Å². The summed E-state index contributed by atoms with van der Waals surface area (Å²) < 4.78 is 26.4. The lowest BCUT2D eigenvalue weighted by atomic mass is 10.2. The predicted molar refractivity (Wildman–Crippen MR) is 73.4 cm³/mol. The van der Waals surface area contributed by atoms with Crippen molar-refractivity contribution in [3.05, 3.63) is 28.2 Å². The van der Waals surface area contributed by atoms with Gasteiger partial charge in [0.05, 0.1) is 17.0 Å². The van der Waals surface area contributed by atoms with Crippen LogP contribution in [0.25, 0.3) is 0 Å². The molecule has 1 rings (SSSR count). The molecule has 100 valence electrons. The number of aromatic carboxylic acids is 1. The summed E-state index contributed by atoms with van der Waals surface area (Å²) in [7, 11) is -3.50. The van der Waals surface area contributed by atoms with Gasteiger partial charge in [0, 0.05) is 4.47 Å². The van der Waals surface area contributed by atoms with E-state index in [4.69, 9.17) is 5.11 Å². The van der Waals surface area contributed by atoms with E-state index < -0.39 is 16.0 Å². The number of anilines is 1. The van der Waals surface area contributed by atoms with Gasteiger partial charge in [-0.1, -0.05) is 29.3 Å². The summed E-state index contributed by atoms with van der Waals surface area (Å²) in [4.78, 5) is 11.0. The molecule has 0 amide bonds. The molecule has 0 aliphatic heterocycles. The number of unbranched alkanes of at least 4 members (excludes halogenated alkanes) is 1. The third-order valence-electron chi connectivity index (χ3n) is 2.24. The number of hydrogen-bond donors (Lipinski definition) is 2. The number of nitrogens with one attached hydrogen (secondary N) is 1. The summed E-state index contributed by atoms with van der Waals surface area (Å²) in [5.74, 6) is -1.19. The van der Waals surface area contributed by atoms with E-state index >= 15 is 0 Å².